The molecule has 1 aromatic carbocycles. The van der Waals surface area contributed by atoms with Crippen LogP contribution in [0.2, 0.25) is 0 Å². The van der Waals surface area contributed by atoms with E-state index in [4.69, 9.17) is 5.73 Å². The summed E-state index contributed by atoms with van der Waals surface area (Å²) in [5, 5.41) is 0. The Morgan fingerprint density at radius 1 is 1.06 bits per heavy atom. The molecule has 2 rings (SSSR count). The van der Waals surface area contributed by atoms with Gasteiger partial charge in [-0.25, -0.2) is 0 Å². The summed E-state index contributed by atoms with van der Waals surface area (Å²) < 4.78 is 2.02. The number of aromatic nitrogens is 1. The van der Waals surface area contributed by atoms with Crippen LogP contribution in [0.15, 0.2) is 51.7 Å². The predicted molar refractivity (Wildman–Crippen MR) is 72.1 cm³/mol. The number of nitrogens with two attached hydrogens (primary N) is 1. The molecular weight excluding hydrogens is 332 g/mol. The van der Waals surface area contributed by atoms with E-state index in [9.17, 15) is 0 Å². The Kier molecular flexibility index (Phi) is 3.74. The van der Waals surface area contributed by atoms with Crippen molar-refractivity contribution >= 4 is 31.9 Å². The molecule has 2 N–H and O–H groups in total. The molecular formula is C12H10Br2N2. The lowest BCUT2D eigenvalue weighted by Gasteiger charge is -2.12. The van der Waals surface area contributed by atoms with Gasteiger partial charge in [-0.2, -0.15) is 0 Å². The van der Waals surface area contributed by atoms with Gasteiger partial charge in [0.25, 0.3) is 0 Å². The van der Waals surface area contributed by atoms with E-state index in [1.165, 1.54) is 0 Å². The first-order chi connectivity index (χ1) is 7.66. The van der Waals surface area contributed by atoms with E-state index >= 15 is 0 Å². The largest absolute Gasteiger partial charge is 0.320 e. The van der Waals surface area contributed by atoms with Crippen LogP contribution in [-0.4, -0.2) is 4.98 Å². The third-order valence-corrected chi connectivity index (χ3v) is 3.20. The van der Waals surface area contributed by atoms with Gasteiger partial charge in [-0.15, -0.1) is 0 Å². The summed E-state index contributed by atoms with van der Waals surface area (Å²) in [7, 11) is 0. The van der Waals surface area contributed by atoms with E-state index in [-0.39, 0.29) is 6.04 Å². The molecule has 16 heavy (non-hydrogen) atoms. The molecule has 0 bridgehead atoms. The first kappa shape index (κ1) is 11.8. The van der Waals surface area contributed by atoms with Crippen molar-refractivity contribution in [1.82, 2.24) is 4.98 Å². The first-order valence-electron chi connectivity index (χ1n) is 4.78. The third kappa shape index (κ3) is 2.70. The van der Waals surface area contributed by atoms with E-state index in [2.05, 4.69) is 36.8 Å². The molecule has 0 amide bonds. The monoisotopic (exact) mass is 340 g/mol. The molecule has 1 unspecified atom stereocenters. The number of hydrogen-bond donors (Lipinski definition) is 1. The molecule has 1 atom stereocenters. The Hall–Kier alpha value is -0.710. The highest BCUT2D eigenvalue weighted by atomic mass is 79.9. The van der Waals surface area contributed by atoms with Gasteiger partial charge in [0.05, 0.1) is 6.04 Å². The molecule has 0 aliphatic heterocycles. The smallest absolute Gasteiger partial charge is 0.0567 e. The zero-order valence-corrected chi connectivity index (χ0v) is 11.6. The van der Waals surface area contributed by atoms with E-state index in [1.807, 2.05) is 30.3 Å². The molecule has 0 saturated heterocycles. The number of hydrogen-bond acceptors (Lipinski definition) is 2. The lowest BCUT2D eigenvalue weighted by Crippen LogP contribution is -2.11. The van der Waals surface area contributed by atoms with Crippen LogP contribution in [0.25, 0.3) is 0 Å². The summed E-state index contributed by atoms with van der Waals surface area (Å²) in [5.41, 5.74) is 8.23. The molecule has 1 heterocycles. The molecule has 0 spiro atoms. The van der Waals surface area contributed by atoms with E-state index in [1.54, 1.807) is 12.4 Å². The number of pyridine rings is 1. The Labute approximate surface area is 111 Å². The molecule has 0 fully saturated rings. The fraction of sp³-hybridized carbons (Fsp3) is 0.0833. The van der Waals surface area contributed by atoms with Gasteiger partial charge in [0.1, 0.15) is 0 Å². The highest BCUT2D eigenvalue weighted by Crippen LogP contribution is 2.26. The van der Waals surface area contributed by atoms with Crippen molar-refractivity contribution < 1.29 is 0 Å². The van der Waals surface area contributed by atoms with Crippen LogP contribution >= 0.6 is 31.9 Å². The maximum absolute atomic E-state index is 6.17. The van der Waals surface area contributed by atoms with Gasteiger partial charge in [0.15, 0.2) is 0 Å². The van der Waals surface area contributed by atoms with Gasteiger partial charge >= 0.3 is 0 Å². The maximum atomic E-state index is 6.17. The topological polar surface area (TPSA) is 38.9 Å². The van der Waals surface area contributed by atoms with Crippen LogP contribution in [0.5, 0.6) is 0 Å². The van der Waals surface area contributed by atoms with Crippen molar-refractivity contribution in [3.05, 3.63) is 62.8 Å². The summed E-state index contributed by atoms with van der Waals surface area (Å²) in [6, 6.07) is 9.74. The molecule has 2 nitrogen and oxygen atoms in total. The van der Waals surface area contributed by atoms with Crippen molar-refractivity contribution in [2.24, 2.45) is 5.73 Å². The Balaban J connectivity index is 2.37. The Morgan fingerprint density at radius 2 is 1.75 bits per heavy atom. The van der Waals surface area contributed by atoms with Crippen LogP contribution in [0, 0.1) is 0 Å². The van der Waals surface area contributed by atoms with E-state index in [0.29, 0.717) is 0 Å². The molecule has 0 radical (unpaired) electrons. The average Bonchev–Trinajstić information content (AvgIpc) is 2.28. The highest BCUT2D eigenvalue weighted by molar-refractivity contribution is 9.11. The maximum Gasteiger partial charge on any atom is 0.0567 e. The summed E-state index contributed by atoms with van der Waals surface area (Å²) >= 11 is 6.91. The summed E-state index contributed by atoms with van der Waals surface area (Å²) in [6.07, 6.45) is 3.53. The number of nitrogens with zero attached hydrogens (tertiary/aromatic N) is 1. The molecule has 2 aromatic rings. The van der Waals surface area contributed by atoms with Crippen molar-refractivity contribution in [2.45, 2.75) is 6.04 Å². The van der Waals surface area contributed by atoms with Crippen LogP contribution in [-0.2, 0) is 0 Å². The van der Waals surface area contributed by atoms with E-state index < -0.39 is 0 Å². The SMILES string of the molecule is NC(c1cccnc1)c1cc(Br)cc(Br)c1. The van der Waals surface area contributed by atoms with Crippen LogP contribution in [0.4, 0.5) is 0 Å². The first-order valence-corrected chi connectivity index (χ1v) is 6.37. The average molecular weight is 342 g/mol. The summed E-state index contributed by atoms with van der Waals surface area (Å²) in [4.78, 5) is 4.07. The van der Waals surface area contributed by atoms with Crippen LogP contribution in [0.1, 0.15) is 17.2 Å². The second-order valence-corrected chi connectivity index (χ2v) is 5.30. The zero-order valence-electron chi connectivity index (χ0n) is 8.40. The Bertz CT molecular complexity index is 465. The van der Waals surface area contributed by atoms with Crippen molar-refractivity contribution in [3.63, 3.8) is 0 Å². The standard InChI is InChI=1S/C12H10Br2N2/c13-10-4-9(5-11(14)6-10)12(15)8-2-1-3-16-7-8/h1-7,12H,15H2. The van der Waals surface area contributed by atoms with Crippen molar-refractivity contribution in [1.29, 1.82) is 0 Å². The quantitative estimate of drug-likeness (QED) is 0.905. The van der Waals surface area contributed by atoms with E-state index in [0.717, 1.165) is 20.1 Å². The fourth-order valence-corrected chi connectivity index (χ4v) is 2.84. The Morgan fingerprint density at radius 3 is 2.31 bits per heavy atom. The van der Waals surface area contributed by atoms with Gasteiger partial charge in [0.2, 0.25) is 0 Å². The van der Waals surface area contributed by atoms with Gasteiger partial charge in [-0.1, -0.05) is 37.9 Å². The third-order valence-electron chi connectivity index (χ3n) is 2.29. The minimum Gasteiger partial charge on any atom is -0.320 e. The van der Waals surface area contributed by atoms with Crippen molar-refractivity contribution in [3.8, 4) is 0 Å². The van der Waals surface area contributed by atoms with Gasteiger partial charge in [-0.05, 0) is 35.4 Å². The second kappa shape index (κ2) is 5.08. The number of rotatable bonds is 2. The van der Waals surface area contributed by atoms with Crippen molar-refractivity contribution in [2.75, 3.05) is 0 Å². The molecule has 1 aromatic heterocycles. The minimum absolute atomic E-state index is 0.150. The second-order valence-electron chi connectivity index (χ2n) is 3.47. The lowest BCUT2D eigenvalue weighted by molar-refractivity contribution is 0.861. The van der Waals surface area contributed by atoms with Crippen LogP contribution < -0.4 is 5.73 Å². The molecule has 0 aliphatic carbocycles. The predicted octanol–water partition coefficient (Wildman–Crippen LogP) is 3.65. The fourth-order valence-electron chi connectivity index (χ4n) is 1.51. The normalized spacial score (nSPS) is 12.4. The lowest BCUT2D eigenvalue weighted by atomic mass is 10.0. The minimum atomic E-state index is -0.150. The number of halogens is 2. The molecule has 0 aliphatic rings. The molecule has 0 saturated carbocycles. The summed E-state index contributed by atoms with van der Waals surface area (Å²) in [6.45, 7) is 0. The number of benzene rings is 1. The zero-order chi connectivity index (χ0) is 11.5. The molecule has 4 heteroatoms. The summed E-state index contributed by atoms with van der Waals surface area (Å²) in [5.74, 6) is 0. The van der Waals surface area contributed by atoms with Crippen LogP contribution in [0.3, 0.4) is 0 Å². The van der Waals surface area contributed by atoms with Gasteiger partial charge in [0, 0.05) is 21.3 Å². The van der Waals surface area contributed by atoms with Gasteiger partial charge < -0.3 is 5.73 Å². The van der Waals surface area contributed by atoms with Gasteiger partial charge in [-0.3, -0.25) is 4.98 Å². The highest BCUT2D eigenvalue weighted by Gasteiger charge is 2.09. The molecule has 82 valence electrons.